The van der Waals surface area contributed by atoms with Crippen LogP contribution >= 0.6 is 11.3 Å². The normalized spacial score (nSPS) is 18.7. The minimum atomic E-state index is -2.08. The first-order valence-corrected chi connectivity index (χ1v) is 15.1. The number of aromatic nitrogens is 1. The van der Waals surface area contributed by atoms with E-state index >= 15 is 0 Å². The molecule has 1 N–H and O–H groups in total. The standard InChI is InChI=1S/C23H42N2O3SSi/c1-22(2,3)27-21(26)25-18(16-17-12-10-9-11-13-17)19(20-24-14-15-29-20)28-30(7,8)23(4,5)6/h14-15,17-19H,9-13,16H2,1-8H3,(H,25,26)/t18-,19+/m1/s1. The van der Waals surface area contributed by atoms with Crippen molar-refractivity contribution in [1.82, 2.24) is 10.3 Å². The average Bonchev–Trinajstić information content (AvgIpc) is 3.11. The molecule has 1 aliphatic carbocycles. The van der Waals surface area contributed by atoms with E-state index in [4.69, 9.17) is 9.16 Å². The quantitative estimate of drug-likeness (QED) is 0.448. The van der Waals surface area contributed by atoms with Gasteiger partial charge in [-0.2, -0.15) is 0 Å². The molecule has 1 aromatic heterocycles. The molecule has 1 fully saturated rings. The van der Waals surface area contributed by atoms with Gasteiger partial charge >= 0.3 is 6.09 Å². The second-order valence-corrected chi connectivity index (χ2v) is 16.8. The number of amides is 1. The fourth-order valence-corrected chi connectivity index (χ4v) is 5.75. The van der Waals surface area contributed by atoms with Crippen LogP contribution in [0.25, 0.3) is 0 Å². The Labute approximate surface area is 188 Å². The maximum atomic E-state index is 12.8. The fraction of sp³-hybridized carbons (Fsp3) is 0.826. The van der Waals surface area contributed by atoms with Crippen LogP contribution in [-0.2, 0) is 9.16 Å². The number of nitrogens with zero attached hydrogens (tertiary/aromatic N) is 1. The van der Waals surface area contributed by atoms with E-state index in [9.17, 15) is 4.79 Å². The molecule has 0 unspecified atom stereocenters. The van der Waals surface area contributed by atoms with Gasteiger partial charge in [0.2, 0.25) is 0 Å². The number of hydrogen-bond acceptors (Lipinski definition) is 5. The minimum absolute atomic E-state index is 0.0732. The van der Waals surface area contributed by atoms with Crippen LogP contribution in [0.2, 0.25) is 18.1 Å². The predicted molar refractivity (Wildman–Crippen MR) is 127 cm³/mol. The van der Waals surface area contributed by atoms with Gasteiger partial charge in [0.25, 0.3) is 0 Å². The van der Waals surface area contributed by atoms with Crippen molar-refractivity contribution in [2.75, 3.05) is 0 Å². The summed E-state index contributed by atoms with van der Waals surface area (Å²) < 4.78 is 12.5. The van der Waals surface area contributed by atoms with E-state index in [0.717, 1.165) is 11.4 Å². The molecular formula is C23H42N2O3SSi. The van der Waals surface area contributed by atoms with Crippen LogP contribution in [-0.4, -0.2) is 31.0 Å². The van der Waals surface area contributed by atoms with Crippen LogP contribution in [0.4, 0.5) is 4.79 Å². The van der Waals surface area contributed by atoms with Gasteiger partial charge in [0, 0.05) is 11.6 Å². The number of hydrogen-bond donors (Lipinski definition) is 1. The summed E-state index contributed by atoms with van der Waals surface area (Å²) in [7, 11) is -2.08. The third kappa shape index (κ3) is 7.64. The largest absolute Gasteiger partial charge is 0.444 e. The van der Waals surface area contributed by atoms with Gasteiger partial charge in [0.1, 0.15) is 16.7 Å². The van der Waals surface area contributed by atoms with Crippen LogP contribution in [0, 0.1) is 5.92 Å². The smallest absolute Gasteiger partial charge is 0.407 e. The molecule has 2 atom stereocenters. The van der Waals surface area contributed by atoms with Gasteiger partial charge in [0.15, 0.2) is 8.32 Å². The molecular weight excluding hydrogens is 412 g/mol. The van der Waals surface area contributed by atoms with E-state index in [0.29, 0.717) is 5.92 Å². The van der Waals surface area contributed by atoms with Crippen molar-refractivity contribution in [1.29, 1.82) is 0 Å². The van der Waals surface area contributed by atoms with Crippen molar-refractivity contribution in [3.63, 3.8) is 0 Å². The Morgan fingerprint density at radius 1 is 1.20 bits per heavy atom. The van der Waals surface area contributed by atoms with Gasteiger partial charge in [-0.25, -0.2) is 9.78 Å². The lowest BCUT2D eigenvalue weighted by molar-refractivity contribution is 0.0404. The van der Waals surface area contributed by atoms with E-state index in [1.165, 1.54) is 32.1 Å². The summed E-state index contributed by atoms with van der Waals surface area (Å²) in [5, 5.41) is 6.19. The molecule has 30 heavy (non-hydrogen) atoms. The summed E-state index contributed by atoms with van der Waals surface area (Å²) in [6.07, 6.45) is 8.41. The van der Waals surface area contributed by atoms with Crippen molar-refractivity contribution >= 4 is 25.7 Å². The van der Waals surface area contributed by atoms with Crippen molar-refractivity contribution < 1.29 is 14.0 Å². The molecule has 0 aromatic carbocycles. The molecule has 1 amide bonds. The fourth-order valence-electron chi connectivity index (χ4n) is 3.67. The van der Waals surface area contributed by atoms with Gasteiger partial charge in [-0.1, -0.05) is 52.9 Å². The first-order valence-electron chi connectivity index (χ1n) is 11.4. The average molecular weight is 455 g/mol. The molecule has 172 valence electrons. The Morgan fingerprint density at radius 3 is 2.33 bits per heavy atom. The second-order valence-electron chi connectivity index (χ2n) is 11.2. The first kappa shape index (κ1) is 25.3. The van der Waals surface area contributed by atoms with E-state index in [1.54, 1.807) is 11.3 Å². The third-order valence-electron chi connectivity index (χ3n) is 6.30. The summed E-state index contributed by atoms with van der Waals surface area (Å²) in [4.78, 5) is 17.4. The molecule has 1 saturated carbocycles. The summed E-state index contributed by atoms with van der Waals surface area (Å²) in [6, 6.07) is -0.150. The number of alkyl carbamates (subject to hydrolysis) is 1. The Balaban J connectivity index is 2.31. The Bertz CT molecular complexity index is 659. The topological polar surface area (TPSA) is 60.5 Å². The third-order valence-corrected chi connectivity index (χ3v) is 11.6. The molecule has 5 nitrogen and oxygen atoms in total. The molecule has 0 aliphatic heterocycles. The summed E-state index contributed by atoms with van der Waals surface area (Å²) in [5.74, 6) is 0.601. The number of carbonyl (C=O) groups excluding carboxylic acids is 1. The highest BCUT2D eigenvalue weighted by atomic mass is 32.1. The minimum Gasteiger partial charge on any atom is -0.444 e. The molecule has 0 spiro atoms. The van der Waals surface area contributed by atoms with Gasteiger partial charge < -0.3 is 14.5 Å². The maximum Gasteiger partial charge on any atom is 0.407 e. The van der Waals surface area contributed by atoms with Gasteiger partial charge in [0.05, 0.1) is 6.04 Å². The molecule has 1 aliphatic rings. The maximum absolute atomic E-state index is 12.8. The van der Waals surface area contributed by atoms with Crippen LogP contribution < -0.4 is 5.32 Å². The molecule has 1 aromatic rings. The molecule has 0 radical (unpaired) electrons. The summed E-state index contributed by atoms with van der Waals surface area (Å²) in [5.41, 5.74) is -0.531. The van der Waals surface area contributed by atoms with Gasteiger partial charge in [-0.3, -0.25) is 0 Å². The zero-order valence-corrected chi connectivity index (χ0v) is 22.0. The van der Waals surface area contributed by atoms with Crippen molar-refractivity contribution in [2.24, 2.45) is 5.92 Å². The highest BCUT2D eigenvalue weighted by Gasteiger charge is 2.43. The Kier molecular flexibility index (Phi) is 8.56. The highest BCUT2D eigenvalue weighted by Crippen LogP contribution is 2.42. The predicted octanol–water partition coefficient (Wildman–Crippen LogP) is 7.07. The Hall–Kier alpha value is -0.923. The lowest BCUT2D eigenvalue weighted by Gasteiger charge is -2.41. The van der Waals surface area contributed by atoms with E-state index in [2.05, 4.69) is 44.2 Å². The zero-order valence-electron chi connectivity index (χ0n) is 20.2. The highest BCUT2D eigenvalue weighted by molar-refractivity contribution is 7.09. The van der Waals surface area contributed by atoms with Crippen molar-refractivity contribution in [3.05, 3.63) is 16.6 Å². The van der Waals surface area contributed by atoms with Crippen LogP contribution in [0.15, 0.2) is 11.6 Å². The van der Waals surface area contributed by atoms with Crippen LogP contribution in [0.1, 0.15) is 91.2 Å². The van der Waals surface area contributed by atoms with Crippen LogP contribution in [0.5, 0.6) is 0 Å². The number of nitrogens with one attached hydrogen (secondary N) is 1. The molecule has 0 bridgehead atoms. The van der Waals surface area contributed by atoms with Crippen molar-refractivity contribution in [3.8, 4) is 0 Å². The van der Waals surface area contributed by atoms with Crippen molar-refractivity contribution in [2.45, 2.75) is 116 Å². The first-order chi connectivity index (χ1) is 13.8. The zero-order chi connectivity index (χ0) is 22.6. The SMILES string of the molecule is CC(C)(C)OC(=O)N[C@H](CC1CCCCC1)[C@H](O[Si](C)(C)C(C)(C)C)c1nccs1. The molecule has 2 rings (SSSR count). The number of rotatable bonds is 7. The Morgan fingerprint density at radius 2 is 1.83 bits per heavy atom. The lowest BCUT2D eigenvalue weighted by Crippen LogP contribution is -2.49. The number of carbonyl (C=O) groups is 1. The second kappa shape index (κ2) is 10.1. The van der Waals surface area contributed by atoms with E-state index in [-0.39, 0.29) is 23.3 Å². The van der Waals surface area contributed by atoms with E-state index in [1.807, 2.05) is 32.3 Å². The van der Waals surface area contributed by atoms with Gasteiger partial charge in [-0.05, 0) is 51.2 Å². The molecule has 0 saturated heterocycles. The monoisotopic (exact) mass is 454 g/mol. The van der Waals surface area contributed by atoms with Gasteiger partial charge in [-0.15, -0.1) is 11.3 Å². The summed E-state index contributed by atoms with van der Waals surface area (Å²) >= 11 is 1.61. The number of ether oxygens (including phenoxy) is 1. The summed E-state index contributed by atoms with van der Waals surface area (Å²) in [6.45, 7) is 17.0. The molecule has 1 heterocycles. The lowest BCUT2D eigenvalue weighted by atomic mass is 9.84. The number of thiazole rings is 1. The van der Waals surface area contributed by atoms with E-state index < -0.39 is 13.9 Å². The molecule has 7 heteroatoms. The van der Waals surface area contributed by atoms with Crippen LogP contribution in [0.3, 0.4) is 0 Å².